The first-order valence-electron chi connectivity index (χ1n) is 12.2. The normalized spacial score (nSPS) is 54.7. The third-order valence-electron chi connectivity index (χ3n) is 11.1. The van der Waals surface area contributed by atoms with Crippen molar-refractivity contribution in [3.8, 4) is 0 Å². The van der Waals surface area contributed by atoms with Crippen LogP contribution in [-0.4, -0.2) is 41.8 Å². The molecule has 172 valence electrons. The molecule has 1 aromatic rings. The van der Waals surface area contributed by atoms with Crippen LogP contribution < -0.4 is 0 Å². The van der Waals surface area contributed by atoms with Crippen LogP contribution in [0.5, 0.6) is 0 Å². The van der Waals surface area contributed by atoms with Gasteiger partial charge in [0.05, 0.1) is 42.2 Å². The van der Waals surface area contributed by atoms with Crippen LogP contribution in [-0.2, 0) is 23.8 Å². The highest BCUT2D eigenvalue weighted by Gasteiger charge is 2.88. The third-order valence-corrected chi connectivity index (χ3v) is 11.1. The Morgan fingerprint density at radius 3 is 2.56 bits per heavy atom. The fourth-order valence-corrected chi connectivity index (χ4v) is 9.90. The van der Waals surface area contributed by atoms with Crippen molar-refractivity contribution in [2.45, 2.75) is 89.1 Å². The minimum absolute atomic E-state index is 0.0581. The molecule has 2 spiro atoms. The second-order valence-corrected chi connectivity index (χ2v) is 12.3. The summed E-state index contributed by atoms with van der Waals surface area (Å²) in [7, 11) is 0. The maximum atomic E-state index is 14.2. The molecule has 3 saturated carbocycles. The van der Waals surface area contributed by atoms with Gasteiger partial charge in [-0.05, 0) is 63.5 Å². The summed E-state index contributed by atoms with van der Waals surface area (Å²) in [6.45, 7) is 9.05. The molecule has 6 aliphatic rings. The molecule has 6 fully saturated rings. The maximum absolute atomic E-state index is 14.2. The second-order valence-electron chi connectivity index (χ2n) is 12.3. The van der Waals surface area contributed by atoms with E-state index in [0.717, 1.165) is 19.3 Å². The summed E-state index contributed by atoms with van der Waals surface area (Å²) in [6.07, 6.45) is 7.12. The SMILES string of the molecule is CC1(C)O[C@H]2CC(=O)OC[C@]23[C@H]2CC[C@@]4(C)[C@H](c5ccoc5)C[C@H]5O[C@]54[C@]2(C)C(=O)C[C@@H]13. The highest BCUT2D eigenvalue weighted by Crippen LogP contribution is 2.82. The van der Waals surface area contributed by atoms with E-state index in [2.05, 4.69) is 33.8 Å². The molecule has 0 radical (unpaired) electrons. The number of hydrogen-bond acceptors (Lipinski definition) is 6. The van der Waals surface area contributed by atoms with Crippen molar-refractivity contribution in [3.63, 3.8) is 0 Å². The van der Waals surface area contributed by atoms with Crippen molar-refractivity contribution in [1.82, 2.24) is 0 Å². The van der Waals surface area contributed by atoms with Crippen molar-refractivity contribution in [1.29, 1.82) is 0 Å². The van der Waals surface area contributed by atoms with Gasteiger partial charge >= 0.3 is 5.97 Å². The molecule has 0 unspecified atom stereocenters. The lowest BCUT2D eigenvalue weighted by Crippen LogP contribution is -2.70. The van der Waals surface area contributed by atoms with Crippen molar-refractivity contribution in [2.75, 3.05) is 6.61 Å². The summed E-state index contributed by atoms with van der Waals surface area (Å²) in [5, 5.41) is 0. The van der Waals surface area contributed by atoms with Gasteiger partial charge in [-0.2, -0.15) is 0 Å². The minimum atomic E-state index is -0.606. The van der Waals surface area contributed by atoms with E-state index in [1.54, 1.807) is 6.26 Å². The predicted octanol–water partition coefficient (Wildman–Crippen LogP) is 4.03. The molecule has 0 bridgehead atoms. The minimum Gasteiger partial charge on any atom is -0.472 e. The van der Waals surface area contributed by atoms with Gasteiger partial charge in [0.15, 0.2) is 0 Å². The quantitative estimate of drug-likeness (QED) is 0.485. The maximum Gasteiger partial charge on any atom is 0.308 e. The van der Waals surface area contributed by atoms with Gasteiger partial charge in [0, 0.05) is 23.2 Å². The van der Waals surface area contributed by atoms with E-state index in [1.807, 2.05) is 6.26 Å². The van der Waals surface area contributed by atoms with Crippen LogP contribution in [0.3, 0.4) is 0 Å². The molecule has 7 rings (SSSR count). The van der Waals surface area contributed by atoms with Crippen LogP contribution >= 0.6 is 0 Å². The molecule has 0 N–H and O–H groups in total. The molecule has 9 atom stereocenters. The van der Waals surface area contributed by atoms with E-state index in [1.165, 1.54) is 5.56 Å². The standard InChI is InChI=1S/C26H32O6/c1-22(2)17-10-18(27)24(4)16(25(17)13-30-21(28)11-19(25)31-22)5-7-23(3)15(14-6-8-29-12-14)9-20-26(23,24)32-20/h6,8,12,15-17,19-20H,5,7,9-11,13H2,1-4H3/t15-,16-,17-,19-,20+,23-,24-,25+,26+/m0/s1. The van der Waals surface area contributed by atoms with Gasteiger partial charge < -0.3 is 18.6 Å². The number of esters is 1. The van der Waals surface area contributed by atoms with Crippen LogP contribution in [0.1, 0.15) is 71.3 Å². The van der Waals surface area contributed by atoms with E-state index >= 15 is 0 Å². The Bertz CT molecular complexity index is 1030. The summed E-state index contributed by atoms with van der Waals surface area (Å²) in [5.41, 5.74) is -0.736. The second kappa shape index (κ2) is 5.52. The zero-order valence-corrected chi connectivity index (χ0v) is 19.3. The summed E-state index contributed by atoms with van der Waals surface area (Å²) in [4.78, 5) is 26.4. The Kier molecular flexibility index (Phi) is 3.41. The monoisotopic (exact) mass is 440 g/mol. The van der Waals surface area contributed by atoms with Gasteiger partial charge in [0.2, 0.25) is 0 Å². The summed E-state index contributed by atoms with van der Waals surface area (Å²) < 4.78 is 24.4. The van der Waals surface area contributed by atoms with E-state index in [4.69, 9.17) is 18.6 Å². The number of hydrogen-bond donors (Lipinski definition) is 0. The molecule has 6 nitrogen and oxygen atoms in total. The van der Waals surface area contributed by atoms with Gasteiger partial charge in [-0.3, -0.25) is 9.59 Å². The van der Waals surface area contributed by atoms with Gasteiger partial charge in [0.1, 0.15) is 18.0 Å². The fourth-order valence-electron chi connectivity index (χ4n) is 9.90. The van der Waals surface area contributed by atoms with Crippen LogP contribution in [0.4, 0.5) is 0 Å². The Morgan fingerprint density at radius 2 is 1.81 bits per heavy atom. The van der Waals surface area contributed by atoms with Gasteiger partial charge in [-0.15, -0.1) is 0 Å². The summed E-state index contributed by atoms with van der Waals surface area (Å²) >= 11 is 0. The van der Waals surface area contributed by atoms with Crippen molar-refractivity contribution < 1.29 is 28.2 Å². The van der Waals surface area contributed by atoms with Crippen LogP contribution in [0.2, 0.25) is 0 Å². The third kappa shape index (κ3) is 1.84. The van der Waals surface area contributed by atoms with E-state index in [0.29, 0.717) is 24.7 Å². The fraction of sp³-hybridized carbons (Fsp3) is 0.769. The molecule has 0 amide bonds. The number of ether oxygens (including phenoxy) is 3. The van der Waals surface area contributed by atoms with Crippen molar-refractivity contribution in [2.24, 2.45) is 28.1 Å². The van der Waals surface area contributed by atoms with Gasteiger partial charge in [-0.1, -0.05) is 6.92 Å². The Hall–Kier alpha value is -1.66. The molecule has 0 aromatic carbocycles. The number of cyclic esters (lactones) is 1. The molecule has 6 heteroatoms. The molecule has 3 saturated heterocycles. The van der Waals surface area contributed by atoms with Gasteiger partial charge in [-0.25, -0.2) is 0 Å². The Balaban J connectivity index is 1.38. The number of ketones is 1. The van der Waals surface area contributed by atoms with Crippen molar-refractivity contribution >= 4 is 11.8 Å². The first kappa shape index (κ1) is 19.8. The van der Waals surface area contributed by atoms with Crippen LogP contribution in [0.25, 0.3) is 0 Å². The number of epoxide rings is 1. The first-order chi connectivity index (χ1) is 15.1. The zero-order chi connectivity index (χ0) is 22.3. The van der Waals surface area contributed by atoms with Crippen LogP contribution in [0.15, 0.2) is 23.0 Å². The molecule has 32 heavy (non-hydrogen) atoms. The molecule has 3 aliphatic heterocycles. The zero-order valence-electron chi connectivity index (χ0n) is 19.3. The lowest BCUT2D eigenvalue weighted by molar-refractivity contribution is -0.209. The number of fused-ring (bicyclic) bond motifs is 1. The molecule has 1 aromatic heterocycles. The Labute approximate surface area is 188 Å². The lowest BCUT2D eigenvalue weighted by Gasteiger charge is -2.63. The molecular weight excluding hydrogens is 408 g/mol. The molecule has 4 heterocycles. The average Bonchev–Trinajstić information content (AvgIpc) is 3.02. The Morgan fingerprint density at radius 1 is 1.00 bits per heavy atom. The smallest absolute Gasteiger partial charge is 0.308 e. The topological polar surface area (TPSA) is 78.3 Å². The number of rotatable bonds is 1. The van der Waals surface area contributed by atoms with E-state index < -0.39 is 16.6 Å². The number of Topliss-reactive ketones (excluding diaryl/α,β-unsaturated/α-hetero) is 1. The summed E-state index contributed by atoms with van der Waals surface area (Å²) in [6, 6.07) is 2.07. The van der Waals surface area contributed by atoms with E-state index in [-0.39, 0.29) is 47.3 Å². The van der Waals surface area contributed by atoms with Crippen molar-refractivity contribution in [3.05, 3.63) is 24.2 Å². The molecule has 3 aliphatic carbocycles. The van der Waals surface area contributed by atoms with Gasteiger partial charge in [0.25, 0.3) is 0 Å². The first-order valence-corrected chi connectivity index (χ1v) is 12.2. The number of carbonyl (C=O) groups excluding carboxylic acids is 2. The average molecular weight is 441 g/mol. The molecular formula is C26H32O6. The predicted molar refractivity (Wildman–Crippen MR) is 113 cm³/mol. The summed E-state index contributed by atoms with van der Waals surface area (Å²) in [5.74, 6) is 0.603. The number of carbonyl (C=O) groups is 2. The largest absolute Gasteiger partial charge is 0.472 e. The highest BCUT2D eigenvalue weighted by atomic mass is 16.6. The highest BCUT2D eigenvalue weighted by molar-refractivity contribution is 5.90. The van der Waals surface area contributed by atoms with Crippen LogP contribution in [0, 0.1) is 28.1 Å². The lowest BCUT2D eigenvalue weighted by atomic mass is 9.38. The van der Waals surface area contributed by atoms with E-state index in [9.17, 15) is 9.59 Å². The number of furan rings is 1.